The molecule has 2 aromatic carbocycles. The zero-order valence-corrected chi connectivity index (χ0v) is 19.7. The summed E-state index contributed by atoms with van der Waals surface area (Å²) in [6.45, 7) is 1.96. The van der Waals surface area contributed by atoms with Crippen molar-refractivity contribution in [1.82, 2.24) is 0 Å². The number of carboxylic acid groups (broad SMARTS) is 1. The van der Waals surface area contributed by atoms with Gasteiger partial charge in [-0.05, 0) is 70.9 Å². The van der Waals surface area contributed by atoms with Gasteiger partial charge < -0.3 is 14.6 Å². The SMILES string of the molecule is CCOC(Cc1ccc(OCC=CC#Cc2cc(C(F)(F)F)cc(C(F)(F)F)c2)c(Br)c1)C(=O)O. The summed E-state index contributed by atoms with van der Waals surface area (Å²) < 4.78 is 88.6. The van der Waals surface area contributed by atoms with Crippen molar-refractivity contribution in [3.05, 3.63) is 75.3 Å². The molecule has 2 rings (SSSR count). The highest BCUT2D eigenvalue weighted by atomic mass is 79.9. The Morgan fingerprint density at radius 1 is 1.09 bits per heavy atom. The molecule has 11 heteroatoms. The number of aliphatic carboxylic acids is 1. The molecule has 0 heterocycles. The highest BCUT2D eigenvalue weighted by Gasteiger charge is 2.36. The summed E-state index contributed by atoms with van der Waals surface area (Å²) in [6.07, 6.45) is -8.03. The molecule has 0 aliphatic rings. The second-order valence-electron chi connectivity index (χ2n) is 7.03. The summed E-state index contributed by atoms with van der Waals surface area (Å²) in [4.78, 5) is 11.2. The third-order valence-electron chi connectivity index (χ3n) is 4.40. The Balaban J connectivity index is 2.03. The second-order valence-corrected chi connectivity index (χ2v) is 7.88. The Kier molecular flexibility index (Phi) is 9.80. The molecule has 0 saturated heterocycles. The van der Waals surface area contributed by atoms with Crippen LogP contribution >= 0.6 is 15.9 Å². The van der Waals surface area contributed by atoms with Crippen LogP contribution in [0.25, 0.3) is 0 Å². The van der Waals surface area contributed by atoms with E-state index in [2.05, 4.69) is 27.8 Å². The van der Waals surface area contributed by atoms with Crippen LogP contribution in [0.1, 0.15) is 29.2 Å². The first-order valence-electron chi connectivity index (χ1n) is 10.0. The first-order chi connectivity index (χ1) is 16.3. The van der Waals surface area contributed by atoms with Crippen LogP contribution in [-0.2, 0) is 28.3 Å². The van der Waals surface area contributed by atoms with Crippen LogP contribution < -0.4 is 4.74 Å². The van der Waals surface area contributed by atoms with Crippen LogP contribution in [0, 0.1) is 11.8 Å². The number of ether oxygens (including phenoxy) is 2. The third-order valence-corrected chi connectivity index (χ3v) is 5.02. The zero-order chi connectivity index (χ0) is 26.2. The van der Waals surface area contributed by atoms with Crippen molar-refractivity contribution < 1.29 is 45.7 Å². The van der Waals surface area contributed by atoms with Gasteiger partial charge in [0, 0.05) is 18.6 Å². The smallest absolute Gasteiger partial charge is 0.416 e. The maximum absolute atomic E-state index is 12.9. The predicted molar refractivity (Wildman–Crippen MR) is 119 cm³/mol. The van der Waals surface area contributed by atoms with E-state index in [4.69, 9.17) is 14.6 Å². The maximum Gasteiger partial charge on any atom is 0.416 e. The molecule has 1 atom stereocenters. The Morgan fingerprint density at radius 3 is 2.23 bits per heavy atom. The molecule has 0 aromatic heterocycles. The minimum absolute atomic E-state index is 0.0136. The van der Waals surface area contributed by atoms with Gasteiger partial charge in [0.15, 0.2) is 6.10 Å². The molecule has 35 heavy (non-hydrogen) atoms. The summed E-state index contributed by atoms with van der Waals surface area (Å²) in [5.74, 6) is 4.01. The van der Waals surface area contributed by atoms with Crippen molar-refractivity contribution >= 4 is 21.9 Å². The summed E-state index contributed by atoms with van der Waals surface area (Å²) in [5.41, 5.74) is -2.60. The molecule has 0 bridgehead atoms. The number of rotatable bonds is 8. The van der Waals surface area contributed by atoms with Gasteiger partial charge in [0.25, 0.3) is 0 Å². The lowest BCUT2D eigenvalue weighted by molar-refractivity contribution is -0.150. The van der Waals surface area contributed by atoms with Gasteiger partial charge in [-0.25, -0.2) is 4.79 Å². The summed E-state index contributed by atoms with van der Waals surface area (Å²) >= 11 is 3.32. The van der Waals surface area contributed by atoms with E-state index in [1.807, 2.05) is 0 Å². The molecular weight excluding hydrogens is 546 g/mol. The Morgan fingerprint density at radius 2 is 1.71 bits per heavy atom. The van der Waals surface area contributed by atoms with Crippen LogP contribution in [0.3, 0.4) is 0 Å². The lowest BCUT2D eigenvalue weighted by Gasteiger charge is -2.13. The molecule has 1 N–H and O–H groups in total. The van der Waals surface area contributed by atoms with Gasteiger partial charge in [-0.2, -0.15) is 26.3 Å². The molecule has 0 radical (unpaired) electrons. The topological polar surface area (TPSA) is 55.8 Å². The molecule has 188 valence electrons. The number of carbonyl (C=O) groups is 1. The Bertz CT molecular complexity index is 1100. The standard InChI is InChI=1S/C24H19BrF6O4/c1-2-34-21(22(32)33)13-16-7-8-20(19(25)12-16)35-9-5-3-4-6-15-10-17(23(26,27)28)14-18(11-15)24(29,30)31/h3,5,7-8,10-12,14,21H,2,9,13H2,1H3,(H,32,33). The van der Waals surface area contributed by atoms with Crippen molar-refractivity contribution in [2.75, 3.05) is 13.2 Å². The lowest BCUT2D eigenvalue weighted by atomic mass is 10.0. The number of carboxylic acids is 1. The third kappa shape index (κ3) is 8.96. The fraction of sp³-hybridized carbons (Fsp3) is 0.292. The average Bonchev–Trinajstić information content (AvgIpc) is 2.75. The molecule has 0 saturated carbocycles. The number of allylic oxidation sites excluding steroid dienone is 1. The summed E-state index contributed by atoms with van der Waals surface area (Å²) in [6, 6.07) is 6.10. The molecule has 0 aliphatic heterocycles. The normalized spacial score (nSPS) is 12.8. The van der Waals surface area contributed by atoms with Crippen LogP contribution in [0.2, 0.25) is 0 Å². The molecule has 0 amide bonds. The van der Waals surface area contributed by atoms with Crippen molar-refractivity contribution in [1.29, 1.82) is 0 Å². The fourth-order valence-electron chi connectivity index (χ4n) is 2.82. The molecule has 2 aromatic rings. The van der Waals surface area contributed by atoms with Gasteiger partial charge in [-0.15, -0.1) is 0 Å². The molecular formula is C24H19BrF6O4. The van der Waals surface area contributed by atoms with Crippen molar-refractivity contribution in [3.63, 3.8) is 0 Å². The zero-order valence-electron chi connectivity index (χ0n) is 18.1. The second kappa shape index (κ2) is 12.1. The van der Waals surface area contributed by atoms with Gasteiger partial charge in [0.1, 0.15) is 12.4 Å². The van der Waals surface area contributed by atoms with Crippen molar-refractivity contribution in [2.45, 2.75) is 31.8 Å². The number of alkyl halides is 6. The predicted octanol–water partition coefficient (Wildman–Crippen LogP) is 6.51. The van der Waals surface area contributed by atoms with Gasteiger partial charge in [0.05, 0.1) is 15.6 Å². The van der Waals surface area contributed by atoms with Crippen LogP contribution in [-0.4, -0.2) is 30.4 Å². The van der Waals surface area contributed by atoms with E-state index in [9.17, 15) is 31.1 Å². The number of halogens is 7. The van der Waals surface area contributed by atoms with Crippen LogP contribution in [0.5, 0.6) is 5.75 Å². The van der Waals surface area contributed by atoms with Gasteiger partial charge in [0.2, 0.25) is 0 Å². The molecule has 0 fully saturated rings. The summed E-state index contributed by atoms with van der Waals surface area (Å²) in [5, 5.41) is 9.17. The van der Waals surface area contributed by atoms with E-state index < -0.39 is 41.1 Å². The Hall–Kier alpha value is -2.97. The van der Waals surface area contributed by atoms with Crippen LogP contribution in [0.15, 0.2) is 53.0 Å². The maximum atomic E-state index is 12.9. The highest BCUT2D eigenvalue weighted by Crippen LogP contribution is 2.36. The lowest BCUT2D eigenvalue weighted by Crippen LogP contribution is -2.26. The molecule has 4 nitrogen and oxygen atoms in total. The first-order valence-corrected chi connectivity index (χ1v) is 10.8. The quantitative estimate of drug-likeness (QED) is 0.293. The average molecular weight is 565 g/mol. The summed E-state index contributed by atoms with van der Waals surface area (Å²) in [7, 11) is 0. The Labute approximate surface area is 205 Å². The van der Waals surface area contributed by atoms with E-state index in [-0.39, 0.29) is 25.7 Å². The van der Waals surface area contributed by atoms with Crippen molar-refractivity contribution in [2.24, 2.45) is 0 Å². The van der Waals surface area contributed by atoms with E-state index in [0.717, 1.165) is 0 Å². The molecule has 0 aliphatic carbocycles. The first kappa shape index (κ1) is 28.3. The molecule has 0 spiro atoms. The highest BCUT2D eigenvalue weighted by molar-refractivity contribution is 9.10. The monoisotopic (exact) mass is 564 g/mol. The number of hydrogen-bond acceptors (Lipinski definition) is 3. The van der Waals surface area contributed by atoms with Gasteiger partial charge in [-0.1, -0.05) is 17.9 Å². The fourth-order valence-corrected chi connectivity index (χ4v) is 3.36. The molecule has 1 unspecified atom stereocenters. The number of hydrogen-bond donors (Lipinski definition) is 1. The van der Waals surface area contributed by atoms with Crippen molar-refractivity contribution in [3.8, 4) is 17.6 Å². The van der Waals surface area contributed by atoms with E-state index in [0.29, 0.717) is 27.9 Å². The van der Waals surface area contributed by atoms with Gasteiger partial charge in [-0.3, -0.25) is 0 Å². The largest absolute Gasteiger partial charge is 0.488 e. The van der Waals surface area contributed by atoms with Crippen LogP contribution in [0.4, 0.5) is 26.3 Å². The van der Waals surface area contributed by atoms with E-state index >= 15 is 0 Å². The van der Waals surface area contributed by atoms with E-state index in [1.165, 1.54) is 12.2 Å². The number of benzene rings is 2. The van der Waals surface area contributed by atoms with E-state index in [1.54, 1.807) is 25.1 Å². The minimum Gasteiger partial charge on any atom is -0.488 e. The van der Waals surface area contributed by atoms with Gasteiger partial charge >= 0.3 is 18.3 Å². The minimum atomic E-state index is -4.94.